The van der Waals surface area contributed by atoms with Crippen LogP contribution >= 0.6 is 0 Å². The minimum absolute atomic E-state index is 0.0369. The van der Waals surface area contributed by atoms with Crippen molar-refractivity contribution >= 4 is 32.8 Å². The number of pyridine rings is 1. The van der Waals surface area contributed by atoms with E-state index < -0.39 is 147 Å². The summed E-state index contributed by atoms with van der Waals surface area (Å²) in [5.74, 6) is 1.67. The zero-order chi connectivity index (χ0) is 80.2. The fraction of sp³-hybridized carbons (Fsp3) is 0.182. The van der Waals surface area contributed by atoms with Gasteiger partial charge in [-0.25, -0.2) is 4.98 Å². The lowest BCUT2D eigenvalue weighted by atomic mass is 9.78. The quantitative estimate of drug-likeness (QED) is 0.0956. The van der Waals surface area contributed by atoms with Crippen LogP contribution in [0.2, 0.25) is 0 Å². The van der Waals surface area contributed by atoms with Gasteiger partial charge in [0.25, 0.3) is 6.33 Å². The first-order valence-electron chi connectivity index (χ1n) is 40.2. The minimum atomic E-state index is -0.881. The monoisotopic (exact) mass is 1230 g/mol. The van der Waals surface area contributed by atoms with Gasteiger partial charge < -0.3 is 4.74 Å². The van der Waals surface area contributed by atoms with Gasteiger partial charge in [-0.2, -0.15) is 0 Å². The SMILES string of the molecule is [2H]c1c([2H])c([2H])c(-c2cc(-c3cc(C(C)(C)C)cc(C(C)(C)C)c3)c(-[n+]3[c-]n(-c4cccc(Oc5ccc6c7ccccc7n(-c7cc(C(C)(C)C)ccn7)c6c5)c4)c4cc(-c5ccc(C(C)(C)C)cc5)ccc43)c(-c3c([2H])c(-c4c([2H])c([2H])c([2H])c([2H])c4[2H])c([2H])c(-c4c([2H])c([2H])c([2H])c([2H])c4[2H])c3[2H])c2)c([2H])c1[2H]. The molecule has 0 fully saturated rings. The molecule has 11 aromatic carbocycles. The van der Waals surface area contributed by atoms with Crippen LogP contribution in [0.4, 0.5) is 0 Å². The smallest absolute Gasteiger partial charge is 0.269 e. The van der Waals surface area contributed by atoms with Crippen LogP contribution in [0.15, 0.2) is 267 Å². The Morgan fingerprint density at radius 1 is 0.387 bits per heavy atom. The first-order valence-corrected chi connectivity index (χ1v) is 31.2. The predicted molar refractivity (Wildman–Crippen MR) is 390 cm³/mol. The van der Waals surface area contributed by atoms with Crippen molar-refractivity contribution in [2.45, 2.75) is 105 Å². The molecule has 3 heterocycles. The first kappa shape index (κ1) is 42.7. The first-order chi connectivity index (χ1) is 52.1. The van der Waals surface area contributed by atoms with Gasteiger partial charge in [0.2, 0.25) is 0 Å². The van der Waals surface area contributed by atoms with Crippen molar-refractivity contribution in [3.63, 3.8) is 0 Å². The van der Waals surface area contributed by atoms with Crippen molar-refractivity contribution in [1.29, 1.82) is 0 Å². The summed E-state index contributed by atoms with van der Waals surface area (Å²) >= 11 is 0. The van der Waals surface area contributed by atoms with Crippen LogP contribution in [0.3, 0.4) is 0 Å². The van der Waals surface area contributed by atoms with Gasteiger partial charge >= 0.3 is 0 Å². The van der Waals surface area contributed by atoms with E-state index in [1.807, 2.05) is 102 Å². The van der Waals surface area contributed by atoms with Gasteiger partial charge in [-0.15, -0.1) is 0 Å². The molecule has 0 N–H and O–H groups in total. The normalized spacial score (nSPS) is 15.0. The Hall–Kier alpha value is -10.4. The third-order valence-electron chi connectivity index (χ3n) is 17.2. The van der Waals surface area contributed by atoms with E-state index in [0.29, 0.717) is 33.8 Å². The van der Waals surface area contributed by atoms with Crippen molar-refractivity contribution in [3.8, 4) is 95.5 Å². The van der Waals surface area contributed by atoms with E-state index in [0.717, 1.165) is 61.0 Å². The van der Waals surface area contributed by atoms with Crippen LogP contribution in [0.5, 0.6) is 11.5 Å². The van der Waals surface area contributed by atoms with E-state index in [9.17, 15) is 12.3 Å². The molecule has 3 aromatic heterocycles. The molecule has 0 saturated carbocycles. The summed E-state index contributed by atoms with van der Waals surface area (Å²) in [6, 6.07) is 34.9. The molecule has 5 nitrogen and oxygen atoms in total. The summed E-state index contributed by atoms with van der Waals surface area (Å²) in [5, 5.41) is 2.01. The Kier molecular flexibility index (Phi) is 10.7. The van der Waals surface area contributed by atoms with E-state index in [4.69, 9.17) is 22.1 Å². The van der Waals surface area contributed by atoms with E-state index in [-0.39, 0.29) is 38.8 Å². The largest absolute Gasteiger partial charge is 0.458 e. The fourth-order valence-electron chi connectivity index (χ4n) is 12.0. The molecule has 0 saturated heterocycles. The summed E-state index contributed by atoms with van der Waals surface area (Å²) in [4.78, 5) is 4.91. The fourth-order valence-corrected chi connectivity index (χ4v) is 12.0. The van der Waals surface area contributed by atoms with Crippen molar-refractivity contribution < 1.29 is 34.0 Å². The Balaban J connectivity index is 1.14. The number of imidazole rings is 1. The van der Waals surface area contributed by atoms with Gasteiger partial charge in [-0.3, -0.25) is 13.7 Å². The molecule has 5 heteroatoms. The molecule has 14 rings (SSSR count). The van der Waals surface area contributed by atoms with Crippen LogP contribution in [0, 0.1) is 6.33 Å². The Morgan fingerprint density at radius 2 is 0.935 bits per heavy atom. The van der Waals surface area contributed by atoms with Crippen molar-refractivity contribution in [2.24, 2.45) is 0 Å². The van der Waals surface area contributed by atoms with Crippen LogP contribution in [-0.2, 0) is 21.7 Å². The Bertz CT molecular complexity index is 6050. The number of rotatable bonds is 11. The molecule has 0 unspecified atom stereocenters. The number of hydrogen-bond acceptors (Lipinski definition) is 2. The predicted octanol–water partition coefficient (Wildman–Crippen LogP) is 23.2. The van der Waals surface area contributed by atoms with E-state index >= 15 is 0 Å². The Labute approximate surface area is 574 Å². The maximum atomic E-state index is 10.8. The highest BCUT2D eigenvalue weighted by Gasteiger charge is 2.28. The second-order valence-electron chi connectivity index (χ2n) is 27.8. The van der Waals surface area contributed by atoms with Crippen LogP contribution < -0.4 is 9.30 Å². The van der Waals surface area contributed by atoms with Gasteiger partial charge in [-0.05, 0) is 196 Å². The average Bonchev–Trinajstić information content (AvgIpc) is 1.44. The average molecular weight is 1230 g/mol. The van der Waals surface area contributed by atoms with Gasteiger partial charge in [-0.1, -0.05) is 253 Å². The lowest BCUT2D eigenvalue weighted by Crippen LogP contribution is -2.31. The van der Waals surface area contributed by atoms with E-state index in [2.05, 4.69) is 143 Å². The highest BCUT2D eigenvalue weighted by atomic mass is 16.5. The standard InChI is InChI=1S/C88H80N4O/c1-85(2,3)68-38-35-61(36-39-68)62-37-42-80-82(52-62)90(72-31-24-32-73(55-72)93-74-40-41-76-75-33-22-23-34-79(75)92(81(76)56-74)83-54-69(43-44-89-83)86(4,5)6)57-91(80)84-77(66-46-63(58-25-16-13-17-26-58)45-64(47-66)59-27-18-14-19-28-59)50-65(60-29-20-15-21-30-60)51-78(84)67-48-70(87(7,8)9)53-71(49-67)88(10,11)12/h13-56H,1-12H3/i13D,14D,15D,16D,17D,18D,19D,20D,21D,25D,26D,27D,28D,29D,30D,45D,46D,47D. The van der Waals surface area contributed by atoms with Crippen LogP contribution in [0.25, 0.3) is 117 Å². The zero-order valence-electron chi connectivity index (χ0n) is 72.2. The molecule has 0 bridgehead atoms. The molecule has 0 atom stereocenters. The zero-order valence-corrected chi connectivity index (χ0v) is 54.2. The van der Waals surface area contributed by atoms with Crippen molar-refractivity contribution in [1.82, 2.24) is 14.1 Å². The number of benzene rings is 11. The number of para-hydroxylation sites is 1. The van der Waals surface area contributed by atoms with Crippen molar-refractivity contribution in [3.05, 3.63) is 295 Å². The molecule has 0 spiro atoms. The molecule has 0 aliphatic rings. The van der Waals surface area contributed by atoms with E-state index in [1.54, 1.807) is 10.6 Å². The number of hydrogen-bond donors (Lipinski definition) is 0. The van der Waals surface area contributed by atoms with Gasteiger partial charge in [0.1, 0.15) is 17.3 Å². The topological polar surface area (TPSA) is 35.9 Å². The molecule has 0 aliphatic heterocycles. The summed E-state index contributed by atoms with van der Waals surface area (Å²) in [6.07, 6.45) is 5.56. The summed E-state index contributed by atoms with van der Waals surface area (Å²) < 4.78 is 182. The highest BCUT2D eigenvalue weighted by Crippen LogP contribution is 2.45. The van der Waals surface area contributed by atoms with Crippen LogP contribution in [0.1, 0.15) is 130 Å². The molecular weight excluding hydrogens is 1130 g/mol. The molecule has 0 aliphatic carbocycles. The molecular formula is C88H80N4O. The molecule has 0 amide bonds. The third kappa shape index (κ3) is 11.9. The summed E-state index contributed by atoms with van der Waals surface area (Å²) in [5.41, 5.74) is 4.60. The van der Waals surface area contributed by atoms with Gasteiger partial charge in [0, 0.05) is 23.0 Å². The molecule has 14 aromatic rings. The second-order valence-corrected chi connectivity index (χ2v) is 27.8. The third-order valence-corrected chi connectivity index (χ3v) is 17.2. The Morgan fingerprint density at radius 3 is 1.55 bits per heavy atom. The molecule has 93 heavy (non-hydrogen) atoms. The maximum absolute atomic E-state index is 10.8. The lowest BCUT2D eigenvalue weighted by molar-refractivity contribution is -0.571. The van der Waals surface area contributed by atoms with Crippen LogP contribution in [-0.4, -0.2) is 14.1 Å². The highest BCUT2D eigenvalue weighted by molar-refractivity contribution is 6.09. The van der Waals surface area contributed by atoms with Gasteiger partial charge in [0.15, 0.2) is 0 Å². The van der Waals surface area contributed by atoms with E-state index in [1.165, 1.54) is 6.07 Å². The lowest BCUT2D eigenvalue weighted by Gasteiger charge is -2.27. The maximum Gasteiger partial charge on any atom is 0.269 e. The second kappa shape index (κ2) is 23.4. The number of fused-ring (bicyclic) bond motifs is 4. The van der Waals surface area contributed by atoms with Gasteiger partial charge in [0.05, 0.1) is 58.1 Å². The molecule has 458 valence electrons. The van der Waals surface area contributed by atoms with Crippen molar-refractivity contribution in [2.75, 3.05) is 0 Å². The number of ether oxygens (including phenoxy) is 1. The minimum Gasteiger partial charge on any atom is -0.458 e. The summed E-state index contributed by atoms with van der Waals surface area (Å²) in [6.45, 7) is 25.2. The number of nitrogens with zero attached hydrogens (tertiary/aromatic N) is 4. The summed E-state index contributed by atoms with van der Waals surface area (Å²) in [7, 11) is 0. The number of aromatic nitrogens is 4. The molecule has 0 radical (unpaired) electrons.